The van der Waals surface area contributed by atoms with Crippen molar-refractivity contribution in [3.63, 3.8) is 0 Å². The number of benzene rings is 1. The summed E-state index contributed by atoms with van der Waals surface area (Å²) in [7, 11) is -3.21. The number of carbonyl (C=O) groups is 1. The van der Waals surface area contributed by atoms with Crippen molar-refractivity contribution in [3.05, 3.63) is 29.8 Å². The molecule has 4 nitrogen and oxygen atoms in total. The van der Waals surface area contributed by atoms with E-state index in [9.17, 15) is 13.2 Å². The van der Waals surface area contributed by atoms with Crippen LogP contribution in [0.1, 0.15) is 10.4 Å². The van der Waals surface area contributed by atoms with Crippen LogP contribution in [0.5, 0.6) is 0 Å². The molecule has 0 amide bonds. The highest BCUT2D eigenvalue weighted by Gasteiger charge is 2.09. The van der Waals surface area contributed by atoms with E-state index in [1.165, 1.54) is 47.3 Å². The highest BCUT2D eigenvalue weighted by Crippen LogP contribution is 2.11. The second kappa shape index (κ2) is 4.26. The van der Waals surface area contributed by atoms with Gasteiger partial charge in [0.1, 0.15) is 0 Å². The standard InChI is InChI=1S/C8H7IO4S/c1-14(11,12)7-4-2-6(3-5-7)8(10)13-9/h2-5H,1H3. The first-order valence-electron chi connectivity index (χ1n) is 3.58. The topological polar surface area (TPSA) is 60.4 Å². The Labute approximate surface area is 95.9 Å². The highest BCUT2D eigenvalue weighted by molar-refractivity contribution is 14.1. The zero-order chi connectivity index (χ0) is 10.8. The molecule has 6 heteroatoms. The summed E-state index contributed by atoms with van der Waals surface area (Å²) in [4.78, 5) is 11.2. The number of sulfone groups is 1. The zero-order valence-corrected chi connectivity index (χ0v) is 10.2. The van der Waals surface area contributed by atoms with Gasteiger partial charge in [0, 0.05) is 6.26 Å². The molecule has 0 aliphatic rings. The number of rotatable bonds is 2. The van der Waals surface area contributed by atoms with Gasteiger partial charge in [0.15, 0.2) is 32.8 Å². The maximum Gasteiger partial charge on any atom is 0.347 e. The van der Waals surface area contributed by atoms with Gasteiger partial charge in [-0.25, -0.2) is 13.2 Å². The second-order valence-electron chi connectivity index (χ2n) is 2.66. The number of halogens is 1. The van der Waals surface area contributed by atoms with Crippen molar-refractivity contribution in [1.29, 1.82) is 0 Å². The molecule has 0 aliphatic heterocycles. The second-order valence-corrected chi connectivity index (χ2v) is 5.12. The molecule has 76 valence electrons. The van der Waals surface area contributed by atoms with E-state index in [0.29, 0.717) is 5.56 Å². The van der Waals surface area contributed by atoms with Gasteiger partial charge in [-0.2, -0.15) is 0 Å². The third-order valence-corrected chi connectivity index (χ3v) is 3.12. The lowest BCUT2D eigenvalue weighted by atomic mass is 10.2. The Morgan fingerprint density at radius 1 is 1.29 bits per heavy atom. The molecule has 0 radical (unpaired) electrons. The first kappa shape index (κ1) is 11.4. The Morgan fingerprint density at radius 3 is 2.14 bits per heavy atom. The lowest BCUT2D eigenvalue weighted by Crippen LogP contribution is -2.00. The minimum absolute atomic E-state index is 0.183. The van der Waals surface area contributed by atoms with Crippen LogP contribution >= 0.6 is 23.0 Å². The summed E-state index contributed by atoms with van der Waals surface area (Å²) < 4.78 is 26.6. The molecule has 0 saturated heterocycles. The Balaban J connectivity index is 3.07. The van der Waals surface area contributed by atoms with E-state index in [4.69, 9.17) is 0 Å². The van der Waals surface area contributed by atoms with Gasteiger partial charge in [0.2, 0.25) is 0 Å². The van der Waals surface area contributed by atoms with Crippen LogP contribution < -0.4 is 0 Å². The fourth-order valence-corrected chi connectivity index (χ4v) is 1.77. The summed E-state index contributed by atoms with van der Waals surface area (Å²) in [6, 6.07) is 5.57. The molecule has 0 N–H and O–H groups in total. The first-order chi connectivity index (χ1) is 6.45. The van der Waals surface area contributed by atoms with Crippen LogP contribution in [0.15, 0.2) is 29.2 Å². The van der Waals surface area contributed by atoms with Crippen molar-refractivity contribution in [1.82, 2.24) is 0 Å². The van der Waals surface area contributed by atoms with Gasteiger partial charge in [-0.15, -0.1) is 0 Å². The van der Waals surface area contributed by atoms with Gasteiger partial charge < -0.3 is 3.07 Å². The van der Waals surface area contributed by atoms with Gasteiger partial charge in [0.05, 0.1) is 10.5 Å². The van der Waals surface area contributed by atoms with Crippen LogP contribution in [-0.4, -0.2) is 20.6 Å². The quantitative estimate of drug-likeness (QED) is 0.775. The van der Waals surface area contributed by atoms with E-state index >= 15 is 0 Å². The van der Waals surface area contributed by atoms with E-state index in [2.05, 4.69) is 3.07 Å². The molecule has 14 heavy (non-hydrogen) atoms. The monoisotopic (exact) mass is 326 g/mol. The number of carbonyl (C=O) groups excluding carboxylic acids is 1. The minimum Gasteiger partial charge on any atom is -0.391 e. The maximum absolute atomic E-state index is 11.1. The molecule has 0 bridgehead atoms. The minimum atomic E-state index is -3.21. The fraction of sp³-hybridized carbons (Fsp3) is 0.125. The van der Waals surface area contributed by atoms with Gasteiger partial charge >= 0.3 is 5.97 Å². The third kappa shape index (κ3) is 2.68. The number of hydrogen-bond donors (Lipinski definition) is 0. The predicted octanol–water partition coefficient (Wildman–Crippen LogP) is 1.60. The van der Waals surface area contributed by atoms with Crippen molar-refractivity contribution in [3.8, 4) is 0 Å². The molecule has 0 aliphatic carbocycles. The van der Waals surface area contributed by atoms with Crippen LogP contribution in [-0.2, 0) is 12.9 Å². The summed E-state index contributed by atoms with van der Waals surface area (Å²) in [6.45, 7) is 0. The van der Waals surface area contributed by atoms with E-state index < -0.39 is 15.8 Å². The SMILES string of the molecule is CS(=O)(=O)c1ccc(C(=O)OI)cc1. The molecule has 0 atom stereocenters. The molecule has 1 aromatic rings. The van der Waals surface area contributed by atoms with Crippen molar-refractivity contribution < 1.29 is 16.3 Å². The average molecular weight is 326 g/mol. The van der Waals surface area contributed by atoms with E-state index in [-0.39, 0.29) is 4.90 Å². The Bertz CT molecular complexity index is 435. The number of hydrogen-bond acceptors (Lipinski definition) is 4. The lowest BCUT2D eigenvalue weighted by molar-refractivity contribution is 0.0800. The average Bonchev–Trinajstić information content (AvgIpc) is 2.15. The van der Waals surface area contributed by atoms with Crippen LogP contribution in [0.4, 0.5) is 0 Å². The molecule has 0 spiro atoms. The molecule has 1 aromatic carbocycles. The highest BCUT2D eigenvalue weighted by atomic mass is 127. The summed E-state index contributed by atoms with van der Waals surface area (Å²) in [6.07, 6.45) is 1.11. The third-order valence-electron chi connectivity index (χ3n) is 1.59. The van der Waals surface area contributed by atoms with Gasteiger partial charge in [-0.1, -0.05) is 0 Å². The Kier molecular flexibility index (Phi) is 3.48. The fourth-order valence-electron chi connectivity index (χ4n) is 0.883. The van der Waals surface area contributed by atoms with Crippen molar-refractivity contribution in [2.75, 3.05) is 6.26 Å². The molecular weight excluding hydrogens is 319 g/mol. The molecule has 0 aromatic heterocycles. The molecular formula is C8H7IO4S. The Hall–Kier alpha value is -0.630. The van der Waals surface area contributed by atoms with Crippen molar-refractivity contribution >= 4 is 38.8 Å². The van der Waals surface area contributed by atoms with Crippen LogP contribution in [0, 0.1) is 0 Å². The summed E-state index contributed by atoms with van der Waals surface area (Å²) in [5, 5.41) is 0. The van der Waals surface area contributed by atoms with Crippen molar-refractivity contribution in [2.24, 2.45) is 0 Å². The molecule has 0 fully saturated rings. The van der Waals surface area contributed by atoms with Gasteiger partial charge in [0.25, 0.3) is 0 Å². The predicted molar refractivity (Wildman–Crippen MR) is 59.0 cm³/mol. The Morgan fingerprint density at radius 2 is 1.79 bits per heavy atom. The molecule has 0 heterocycles. The van der Waals surface area contributed by atoms with Crippen LogP contribution in [0.3, 0.4) is 0 Å². The van der Waals surface area contributed by atoms with Crippen LogP contribution in [0.2, 0.25) is 0 Å². The van der Waals surface area contributed by atoms with E-state index in [1.54, 1.807) is 0 Å². The van der Waals surface area contributed by atoms with Crippen molar-refractivity contribution in [2.45, 2.75) is 4.90 Å². The largest absolute Gasteiger partial charge is 0.391 e. The van der Waals surface area contributed by atoms with E-state index in [1.807, 2.05) is 0 Å². The lowest BCUT2D eigenvalue weighted by Gasteiger charge is -1.99. The van der Waals surface area contributed by atoms with Gasteiger partial charge in [-0.3, -0.25) is 0 Å². The van der Waals surface area contributed by atoms with Crippen LogP contribution in [0.25, 0.3) is 0 Å². The zero-order valence-electron chi connectivity index (χ0n) is 7.23. The van der Waals surface area contributed by atoms with Gasteiger partial charge in [-0.05, 0) is 24.3 Å². The van der Waals surface area contributed by atoms with E-state index in [0.717, 1.165) is 6.26 Å². The first-order valence-corrected chi connectivity index (χ1v) is 6.35. The summed E-state index contributed by atoms with van der Waals surface area (Å²) >= 11 is 1.47. The smallest absolute Gasteiger partial charge is 0.347 e. The summed E-state index contributed by atoms with van der Waals surface area (Å²) in [5.41, 5.74) is 0.326. The molecule has 0 saturated carbocycles. The normalized spacial score (nSPS) is 11.0. The molecule has 1 rings (SSSR count). The summed E-state index contributed by atoms with van der Waals surface area (Å²) in [5.74, 6) is -0.495. The molecule has 0 unspecified atom stereocenters. The maximum atomic E-state index is 11.1.